The van der Waals surface area contributed by atoms with Crippen molar-refractivity contribution in [1.29, 1.82) is 0 Å². The molecular formula is C13H17BrN4O. The summed E-state index contributed by atoms with van der Waals surface area (Å²) < 4.78 is 6.16. The zero-order valence-corrected chi connectivity index (χ0v) is 12.6. The summed E-state index contributed by atoms with van der Waals surface area (Å²) in [6.07, 6.45) is 3.48. The largest absolute Gasteiger partial charge is 0.370 e. The minimum absolute atomic E-state index is 0.308. The number of aryl methyl sites for hydroxylation is 1. The van der Waals surface area contributed by atoms with Crippen LogP contribution in [0.5, 0.6) is 0 Å². The van der Waals surface area contributed by atoms with E-state index in [0.29, 0.717) is 11.8 Å². The molecule has 2 aromatic rings. The number of nitrogens with one attached hydrogen (secondary N) is 1. The van der Waals surface area contributed by atoms with Crippen LogP contribution in [0.4, 0.5) is 5.82 Å². The molecule has 0 aliphatic rings. The Morgan fingerprint density at radius 3 is 2.84 bits per heavy atom. The molecule has 5 nitrogen and oxygen atoms in total. The molecule has 0 aromatic carbocycles. The summed E-state index contributed by atoms with van der Waals surface area (Å²) in [5.74, 6) is 2.66. The van der Waals surface area contributed by atoms with Crippen LogP contribution in [0, 0.1) is 0 Å². The maximum Gasteiger partial charge on any atom is 0.226 e. The Hall–Kier alpha value is -1.43. The van der Waals surface area contributed by atoms with Gasteiger partial charge >= 0.3 is 0 Å². The van der Waals surface area contributed by atoms with E-state index in [2.05, 4.69) is 50.2 Å². The number of pyridine rings is 1. The molecule has 0 saturated heterocycles. The molecule has 0 unspecified atom stereocenters. The van der Waals surface area contributed by atoms with Crippen LogP contribution in [-0.2, 0) is 6.42 Å². The van der Waals surface area contributed by atoms with Crippen molar-refractivity contribution in [2.75, 3.05) is 11.9 Å². The van der Waals surface area contributed by atoms with Crippen molar-refractivity contribution in [2.24, 2.45) is 0 Å². The zero-order valence-electron chi connectivity index (χ0n) is 11.1. The Bertz CT molecular complexity index is 510. The van der Waals surface area contributed by atoms with Gasteiger partial charge in [0.15, 0.2) is 5.82 Å². The van der Waals surface area contributed by atoms with Crippen LogP contribution < -0.4 is 5.32 Å². The second-order valence-corrected chi connectivity index (χ2v) is 5.51. The van der Waals surface area contributed by atoms with E-state index in [1.165, 1.54) is 0 Å². The van der Waals surface area contributed by atoms with E-state index in [1.807, 2.05) is 12.1 Å². The lowest BCUT2D eigenvalue weighted by atomic mass is 10.2. The number of anilines is 1. The first-order valence-corrected chi connectivity index (χ1v) is 7.12. The Morgan fingerprint density at radius 1 is 1.37 bits per heavy atom. The summed E-state index contributed by atoms with van der Waals surface area (Å²) in [7, 11) is 0. The highest BCUT2D eigenvalue weighted by atomic mass is 79.9. The zero-order chi connectivity index (χ0) is 13.7. The molecule has 0 radical (unpaired) electrons. The van der Waals surface area contributed by atoms with E-state index in [0.717, 1.165) is 35.5 Å². The predicted molar refractivity (Wildman–Crippen MR) is 77.1 cm³/mol. The first-order chi connectivity index (χ1) is 9.15. The lowest BCUT2D eigenvalue weighted by molar-refractivity contribution is 0.369. The van der Waals surface area contributed by atoms with Gasteiger partial charge in [-0.2, -0.15) is 4.98 Å². The van der Waals surface area contributed by atoms with E-state index >= 15 is 0 Å². The standard InChI is InChI=1S/C13H17BrN4O/c1-9(2)13-17-12(19-18-13)4-3-7-15-11-6-5-10(14)8-16-11/h5-6,8-9H,3-4,7H2,1-2H3,(H,15,16). The monoisotopic (exact) mass is 324 g/mol. The minimum Gasteiger partial charge on any atom is -0.370 e. The first-order valence-electron chi connectivity index (χ1n) is 6.33. The van der Waals surface area contributed by atoms with Crippen molar-refractivity contribution in [1.82, 2.24) is 15.1 Å². The average molecular weight is 325 g/mol. The highest BCUT2D eigenvalue weighted by Gasteiger charge is 2.08. The first kappa shape index (κ1) is 14.0. The van der Waals surface area contributed by atoms with Gasteiger partial charge in [-0.25, -0.2) is 4.98 Å². The third-order valence-corrected chi connectivity index (χ3v) is 3.07. The summed E-state index contributed by atoms with van der Waals surface area (Å²) in [4.78, 5) is 8.58. The second kappa shape index (κ2) is 6.65. The van der Waals surface area contributed by atoms with Crippen LogP contribution in [0.15, 0.2) is 27.3 Å². The van der Waals surface area contributed by atoms with Gasteiger partial charge in [0.25, 0.3) is 0 Å². The fraction of sp³-hybridized carbons (Fsp3) is 0.462. The molecule has 102 valence electrons. The SMILES string of the molecule is CC(C)c1noc(CCCNc2ccc(Br)cn2)n1. The van der Waals surface area contributed by atoms with E-state index in [4.69, 9.17) is 4.52 Å². The molecule has 0 atom stereocenters. The molecule has 0 bridgehead atoms. The van der Waals surface area contributed by atoms with Crippen molar-refractivity contribution in [3.8, 4) is 0 Å². The lowest BCUT2D eigenvalue weighted by Crippen LogP contribution is -2.04. The quantitative estimate of drug-likeness (QED) is 0.825. The van der Waals surface area contributed by atoms with Gasteiger partial charge in [-0.1, -0.05) is 19.0 Å². The molecule has 0 amide bonds. The van der Waals surface area contributed by atoms with Gasteiger partial charge in [0.05, 0.1) is 0 Å². The average Bonchev–Trinajstić information content (AvgIpc) is 2.86. The maximum absolute atomic E-state index is 5.18. The van der Waals surface area contributed by atoms with Crippen LogP contribution in [0.2, 0.25) is 0 Å². The van der Waals surface area contributed by atoms with Gasteiger partial charge in [0.2, 0.25) is 5.89 Å². The highest BCUT2D eigenvalue weighted by molar-refractivity contribution is 9.10. The van der Waals surface area contributed by atoms with Crippen LogP contribution >= 0.6 is 15.9 Å². The van der Waals surface area contributed by atoms with Gasteiger partial charge in [-0.3, -0.25) is 0 Å². The third-order valence-electron chi connectivity index (χ3n) is 2.60. The molecule has 0 saturated carbocycles. The van der Waals surface area contributed by atoms with Crippen molar-refractivity contribution in [2.45, 2.75) is 32.6 Å². The van der Waals surface area contributed by atoms with Crippen molar-refractivity contribution < 1.29 is 4.52 Å². The van der Waals surface area contributed by atoms with Crippen LogP contribution in [0.1, 0.15) is 37.9 Å². The number of rotatable bonds is 6. The van der Waals surface area contributed by atoms with E-state index in [-0.39, 0.29) is 0 Å². The minimum atomic E-state index is 0.308. The normalized spacial score (nSPS) is 10.9. The summed E-state index contributed by atoms with van der Waals surface area (Å²) in [6, 6.07) is 3.90. The molecule has 0 aliphatic carbocycles. The van der Waals surface area contributed by atoms with Gasteiger partial charge < -0.3 is 9.84 Å². The Labute approximate surface area is 121 Å². The molecule has 0 spiro atoms. The number of hydrogen-bond donors (Lipinski definition) is 1. The summed E-state index contributed by atoms with van der Waals surface area (Å²) in [5.41, 5.74) is 0. The molecule has 1 N–H and O–H groups in total. The number of hydrogen-bond acceptors (Lipinski definition) is 5. The second-order valence-electron chi connectivity index (χ2n) is 4.59. The molecule has 0 fully saturated rings. The van der Waals surface area contributed by atoms with Gasteiger partial charge in [0, 0.05) is 29.6 Å². The third kappa shape index (κ3) is 4.31. The Morgan fingerprint density at radius 2 is 2.21 bits per heavy atom. The fourth-order valence-electron chi connectivity index (χ4n) is 1.54. The Kier molecular flexibility index (Phi) is 4.90. The van der Waals surface area contributed by atoms with Gasteiger partial charge in [-0.05, 0) is 34.5 Å². The van der Waals surface area contributed by atoms with E-state index < -0.39 is 0 Å². The van der Waals surface area contributed by atoms with Crippen LogP contribution in [0.3, 0.4) is 0 Å². The highest BCUT2D eigenvalue weighted by Crippen LogP contribution is 2.12. The van der Waals surface area contributed by atoms with E-state index in [1.54, 1.807) is 6.20 Å². The molecule has 19 heavy (non-hydrogen) atoms. The topological polar surface area (TPSA) is 63.8 Å². The van der Waals surface area contributed by atoms with Crippen LogP contribution in [0.25, 0.3) is 0 Å². The molecular weight excluding hydrogens is 308 g/mol. The summed E-state index contributed by atoms with van der Waals surface area (Å²) >= 11 is 3.35. The lowest BCUT2D eigenvalue weighted by Gasteiger charge is -2.03. The molecule has 6 heteroatoms. The summed E-state index contributed by atoms with van der Waals surface area (Å²) in [5, 5.41) is 7.19. The molecule has 2 rings (SSSR count). The molecule has 2 heterocycles. The van der Waals surface area contributed by atoms with E-state index in [9.17, 15) is 0 Å². The van der Waals surface area contributed by atoms with Crippen molar-refractivity contribution in [3.63, 3.8) is 0 Å². The smallest absolute Gasteiger partial charge is 0.226 e. The molecule has 0 aliphatic heterocycles. The fourth-order valence-corrected chi connectivity index (χ4v) is 1.78. The van der Waals surface area contributed by atoms with Gasteiger partial charge in [0.1, 0.15) is 5.82 Å². The number of aromatic nitrogens is 3. The predicted octanol–water partition coefficient (Wildman–Crippen LogP) is 3.40. The molecule has 2 aromatic heterocycles. The van der Waals surface area contributed by atoms with Crippen molar-refractivity contribution in [3.05, 3.63) is 34.5 Å². The van der Waals surface area contributed by atoms with Gasteiger partial charge in [-0.15, -0.1) is 0 Å². The summed E-state index contributed by atoms with van der Waals surface area (Å²) in [6.45, 7) is 4.93. The number of halogens is 1. The van der Waals surface area contributed by atoms with Crippen molar-refractivity contribution >= 4 is 21.7 Å². The maximum atomic E-state index is 5.18. The van der Waals surface area contributed by atoms with Crippen LogP contribution in [-0.4, -0.2) is 21.7 Å². The number of nitrogens with zero attached hydrogens (tertiary/aromatic N) is 3. The Balaban J connectivity index is 1.72.